The minimum absolute atomic E-state index is 0.243. The summed E-state index contributed by atoms with van der Waals surface area (Å²) in [5, 5.41) is 0. The lowest BCUT2D eigenvalue weighted by Gasteiger charge is -2.32. The van der Waals surface area contributed by atoms with Crippen LogP contribution in [0.3, 0.4) is 0 Å². The normalized spacial score (nSPS) is 25.3. The van der Waals surface area contributed by atoms with Crippen molar-refractivity contribution in [3.8, 4) is 0 Å². The third-order valence-corrected chi connectivity index (χ3v) is 4.02. The molecule has 2 N–H and O–H groups in total. The molecule has 1 rings (SSSR count). The third-order valence-electron chi connectivity index (χ3n) is 4.02. The van der Waals surface area contributed by atoms with Gasteiger partial charge in [0.1, 0.15) is 0 Å². The van der Waals surface area contributed by atoms with Crippen molar-refractivity contribution in [3.05, 3.63) is 0 Å². The van der Waals surface area contributed by atoms with E-state index in [2.05, 4.69) is 39.5 Å². The SMILES string of the molecule is CC(C)C1CCCN1CCC(N)C(C)(C)C. The van der Waals surface area contributed by atoms with Crippen molar-refractivity contribution >= 4 is 0 Å². The molecule has 0 aromatic heterocycles. The Morgan fingerprint density at radius 2 is 1.94 bits per heavy atom. The first-order chi connectivity index (χ1) is 7.32. The van der Waals surface area contributed by atoms with E-state index in [1.807, 2.05) is 0 Å². The van der Waals surface area contributed by atoms with Gasteiger partial charge in [0.15, 0.2) is 0 Å². The number of hydrogen-bond donors (Lipinski definition) is 1. The second kappa shape index (κ2) is 5.50. The first-order valence-corrected chi connectivity index (χ1v) is 6.82. The van der Waals surface area contributed by atoms with E-state index in [1.165, 1.54) is 25.9 Å². The molecule has 2 unspecified atom stereocenters. The molecular weight excluding hydrogens is 196 g/mol. The van der Waals surface area contributed by atoms with Crippen LogP contribution in [0.4, 0.5) is 0 Å². The van der Waals surface area contributed by atoms with Gasteiger partial charge in [-0.1, -0.05) is 34.6 Å². The molecule has 2 heteroatoms. The Kier molecular flexibility index (Phi) is 4.81. The van der Waals surface area contributed by atoms with Crippen LogP contribution in [0, 0.1) is 11.3 Å². The van der Waals surface area contributed by atoms with E-state index in [-0.39, 0.29) is 5.41 Å². The van der Waals surface area contributed by atoms with Crippen molar-refractivity contribution in [2.75, 3.05) is 13.1 Å². The molecule has 1 heterocycles. The molecule has 0 spiro atoms. The second-order valence-electron chi connectivity index (χ2n) is 6.75. The van der Waals surface area contributed by atoms with Crippen LogP contribution in [-0.4, -0.2) is 30.1 Å². The van der Waals surface area contributed by atoms with Crippen molar-refractivity contribution < 1.29 is 0 Å². The lowest BCUT2D eigenvalue weighted by Crippen LogP contribution is -2.41. The quantitative estimate of drug-likeness (QED) is 0.798. The highest BCUT2D eigenvalue weighted by Gasteiger charge is 2.28. The van der Waals surface area contributed by atoms with Crippen LogP contribution in [0.2, 0.25) is 0 Å². The van der Waals surface area contributed by atoms with Gasteiger partial charge in [0.2, 0.25) is 0 Å². The minimum atomic E-state index is 0.243. The first-order valence-electron chi connectivity index (χ1n) is 6.82. The largest absolute Gasteiger partial charge is 0.327 e. The summed E-state index contributed by atoms with van der Waals surface area (Å²) >= 11 is 0. The Morgan fingerprint density at radius 1 is 1.31 bits per heavy atom. The summed E-state index contributed by atoms with van der Waals surface area (Å²) in [6.45, 7) is 13.9. The van der Waals surface area contributed by atoms with Gasteiger partial charge in [0, 0.05) is 12.1 Å². The van der Waals surface area contributed by atoms with Gasteiger partial charge in [0.25, 0.3) is 0 Å². The molecule has 0 saturated carbocycles. The Morgan fingerprint density at radius 3 is 2.44 bits per heavy atom. The van der Waals surface area contributed by atoms with Crippen molar-refractivity contribution in [1.82, 2.24) is 4.90 Å². The molecule has 1 fully saturated rings. The predicted molar refractivity (Wildman–Crippen MR) is 71.5 cm³/mol. The fraction of sp³-hybridized carbons (Fsp3) is 1.00. The highest BCUT2D eigenvalue weighted by molar-refractivity contribution is 4.84. The summed E-state index contributed by atoms with van der Waals surface area (Å²) in [6.07, 6.45) is 3.88. The zero-order valence-corrected chi connectivity index (χ0v) is 11.8. The summed E-state index contributed by atoms with van der Waals surface area (Å²) < 4.78 is 0. The molecular formula is C14H30N2. The molecule has 96 valence electrons. The van der Waals surface area contributed by atoms with Crippen LogP contribution in [0.15, 0.2) is 0 Å². The van der Waals surface area contributed by atoms with Gasteiger partial charge in [-0.2, -0.15) is 0 Å². The number of nitrogens with zero attached hydrogens (tertiary/aromatic N) is 1. The van der Waals surface area contributed by atoms with Crippen LogP contribution in [0.1, 0.15) is 53.9 Å². The standard InChI is InChI=1S/C14H30N2/c1-11(2)12-7-6-9-16(12)10-8-13(15)14(3,4)5/h11-13H,6-10,15H2,1-5H3. The van der Waals surface area contributed by atoms with E-state index in [0.717, 1.165) is 18.4 Å². The maximum Gasteiger partial charge on any atom is 0.0119 e. The van der Waals surface area contributed by atoms with Crippen molar-refractivity contribution in [3.63, 3.8) is 0 Å². The van der Waals surface area contributed by atoms with E-state index in [4.69, 9.17) is 5.73 Å². The van der Waals surface area contributed by atoms with Crippen molar-refractivity contribution in [1.29, 1.82) is 0 Å². The summed E-state index contributed by atoms with van der Waals surface area (Å²) in [6, 6.07) is 1.12. The van der Waals surface area contributed by atoms with Crippen LogP contribution in [0.5, 0.6) is 0 Å². The maximum absolute atomic E-state index is 6.22. The zero-order valence-electron chi connectivity index (χ0n) is 11.8. The summed E-state index contributed by atoms with van der Waals surface area (Å²) in [5.41, 5.74) is 6.47. The third kappa shape index (κ3) is 3.74. The van der Waals surface area contributed by atoms with E-state index in [0.29, 0.717) is 6.04 Å². The summed E-state index contributed by atoms with van der Waals surface area (Å²) in [5.74, 6) is 0.786. The minimum Gasteiger partial charge on any atom is -0.327 e. The van der Waals surface area contributed by atoms with Crippen LogP contribution < -0.4 is 5.73 Å². The molecule has 0 aliphatic carbocycles. The highest BCUT2D eigenvalue weighted by Crippen LogP contribution is 2.25. The lowest BCUT2D eigenvalue weighted by molar-refractivity contribution is 0.184. The van der Waals surface area contributed by atoms with Gasteiger partial charge in [-0.3, -0.25) is 0 Å². The average molecular weight is 226 g/mol. The summed E-state index contributed by atoms with van der Waals surface area (Å²) in [4.78, 5) is 2.65. The van der Waals surface area contributed by atoms with E-state index in [1.54, 1.807) is 0 Å². The van der Waals surface area contributed by atoms with Crippen molar-refractivity contribution in [2.45, 2.75) is 66.0 Å². The molecule has 1 aliphatic heterocycles. The Hall–Kier alpha value is -0.0800. The lowest BCUT2D eigenvalue weighted by atomic mass is 9.85. The number of rotatable bonds is 4. The zero-order chi connectivity index (χ0) is 12.3. The molecule has 0 aromatic carbocycles. The molecule has 0 bridgehead atoms. The number of nitrogens with two attached hydrogens (primary N) is 1. The van der Waals surface area contributed by atoms with E-state index in [9.17, 15) is 0 Å². The molecule has 2 nitrogen and oxygen atoms in total. The van der Waals surface area contributed by atoms with Gasteiger partial charge >= 0.3 is 0 Å². The monoisotopic (exact) mass is 226 g/mol. The van der Waals surface area contributed by atoms with Gasteiger partial charge < -0.3 is 10.6 Å². The summed E-state index contributed by atoms with van der Waals surface area (Å²) in [7, 11) is 0. The average Bonchev–Trinajstić information content (AvgIpc) is 2.60. The first kappa shape index (κ1) is 14.0. The maximum atomic E-state index is 6.22. The van der Waals surface area contributed by atoms with Crippen LogP contribution in [-0.2, 0) is 0 Å². The molecule has 0 radical (unpaired) electrons. The molecule has 1 aliphatic rings. The Balaban J connectivity index is 2.37. The van der Waals surface area contributed by atoms with Crippen LogP contribution >= 0.6 is 0 Å². The fourth-order valence-electron chi connectivity index (χ4n) is 2.62. The molecule has 2 atom stereocenters. The van der Waals surface area contributed by atoms with Gasteiger partial charge in [-0.25, -0.2) is 0 Å². The molecule has 16 heavy (non-hydrogen) atoms. The predicted octanol–water partition coefficient (Wildman–Crippen LogP) is 2.87. The van der Waals surface area contributed by atoms with Crippen LogP contribution in [0.25, 0.3) is 0 Å². The molecule has 0 aromatic rings. The van der Waals surface area contributed by atoms with Gasteiger partial charge in [-0.05, 0) is 43.7 Å². The van der Waals surface area contributed by atoms with E-state index < -0.39 is 0 Å². The second-order valence-corrected chi connectivity index (χ2v) is 6.75. The smallest absolute Gasteiger partial charge is 0.0119 e. The topological polar surface area (TPSA) is 29.3 Å². The van der Waals surface area contributed by atoms with E-state index >= 15 is 0 Å². The fourth-order valence-corrected chi connectivity index (χ4v) is 2.62. The molecule has 0 amide bonds. The van der Waals surface area contributed by atoms with Gasteiger partial charge in [0.05, 0.1) is 0 Å². The Labute approximate surface area is 102 Å². The Bertz CT molecular complexity index is 205. The number of likely N-dealkylation sites (tertiary alicyclic amines) is 1. The number of hydrogen-bond acceptors (Lipinski definition) is 2. The highest BCUT2D eigenvalue weighted by atomic mass is 15.2. The van der Waals surface area contributed by atoms with Gasteiger partial charge in [-0.15, -0.1) is 0 Å². The van der Waals surface area contributed by atoms with Crippen molar-refractivity contribution in [2.24, 2.45) is 17.1 Å². The molecule has 1 saturated heterocycles.